The Morgan fingerprint density at radius 1 is 1.33 bits per heavy atom. The number of hydrogen-bond donors (Lipinski definition) is 2. The lowest BCUT2D eigenvalue weighted by molar-refractivity contribution is 0.0697. The maximum atomic E-state index is 11.5. The minimum absolute atomic E-state index is 0.335. The summed E-state index contributed by atoms with van der Waals surface area (Å²) < 4.78 is 0. The summed E-state index contributed by atoms with van der Waals surface area (Å²) in [6, 6.07) is 2.17. The molecule has 0 aliphatic heterocycles. The van der Waals surface area contributed by atoms with Gasteiger partial charge in [-0.3, -0.25) is 0 Å². The minimum atomic E-state index is -0.878. The van der Waals surface area contributed by atoms with Crippen LogP contribution in [0, 0.1) is 11.8 Å². The second kappa shape index (κ2) is 5.66. The quantitative estimate of drug-likeness (QED) is 0.893. The molecule has 3 atom stereocenters. The molecule has 0 radical (unpaired) electrons. The Labute approximate surface area is 126 Å². The van der Waals surface area contributed by atoms with Gasteiger partial charge in [-0.2, -0.15) is 0 Å². The van der Waals surface area contributed by atoms with Gasteiger partial charge in [0.25, 0.3) is 0 Å². The number of nitrogens with one attached hydrogen (secondary N) is 1. The molecule has 2 aliphatic rings. The van der Waals surface area contributed by atoms with Crippen molar-refractivity contribution < 1.29 is 9.90 Å². The second-order valence-corrected chi connectivity index (χ2v) is 6.80. The van der Waals surface area contributed by atoms with Crippen molar-refractivity contribution in [3.63, 3.8) is 0 Å². The Bertz CT molecular complexity index is 556. The molecule has 0 saturated heterocycles. The smallest absolute Gasteiger partial charge is 0.339 e. The number of rotatable bonds is 3. The van der Waals surface area contributed by atoms with Gasteiger partial charge >= 0.3 is 5.97 Å². The zero-order valence-electron chi connectivity index (χ0n) is 12.9. The molecule has 1 saturated carbocycles. The van der Waals surface area contributed by atoms with Gasteiger partial charge in [-0.25, -0.2) is 9.78 Å². The first kappa shape index (κ1) is 14.4. The zero-order valence-corrected chi connectivity index (χ0v) is 12.9. The minimum Gasteiger partial charge on any atom is -0.478 e. The van der Waals surface area contributed by atoms with Crippen molar-refractivity contribution in [1.29, 1.82) is 0 Å². The molecule has 2 N–H and O–H groups in total. The maximum absolute atomic E-state index is 11.5. The number of carboxylic acids is 1. The first-order chi connectivity index (χ1) is 10.0. The highest BCUT2D eigenvalue weighted by atomic mass is 16.4. The number of aryl methyl sites for hydroxylation is 2. The molecule has 2 aliphatic carbocycles. The van der Waals surface area contributed by atoms with Crippen LogP contribution in [-0.4, -0.2) is 22.1 Å². The van der Waals surface area contributed by atoms with Gasteiger partial charge in [0.15, 0.2) is 0 Å². The molecule has 0 bridgehead atoms. The summed E-state index contributed by atoms with van der Waals surface area (Å²) in [5, 5.41) is 12.9. The fraction of sp³-hybridized carbons (Fsp3) is 0.647. The summed E-state index contributed by atoms with van der Waals surface area (Å²) in [7, 11) is 0. The van der Waals surface area contributed by atoms with Crippen molar-refractivity contribution in [2.75, 3.05) is 5.32 Å². The summed E-state index contributed by atoms with van der Waals surface area (Å²) in [6.07, 6.45) is 6.52. The molecule has 1 heterocycles. The van der Waals surface area contributed by atoms with Gasteiger partial charge in [0.1, 0.15) is 11.4 Å². The molecule has 21 heavy (non-hydrogen) atoms. The van der Waals surface area contributed by atoms with E-state index in [1.165, 1.54) is 12.8 Å². The maximum Gasteiger partial charge on any atom is 0.339 e. The van der Waals surface area contributed by atoms with E-state index in [1.54, 1.807) is 0 Å². The van der Waals surface area contributed by atoms with Crippen LogP contribution in [0.3, 0.4) is 0 Å². The first-order valence-corrected chi connectivity index (χ1v) is 8.07. The summed E-state index contributed by atoms with van der Waals surface area (Å²) in [5.74, 6) is 1.03. The van der Waals surface area contributed by atoms with Gasteiger partial charge in [0.2, 0.25) is 0 Å². The molecule has 4 nitrogen and oxygen atoms in total. The van der Waals surface area contributed by atoms with Crippen molar-refractivity contribution in [3.05, 3.63) is 22.9 Å². The van der Waals surface area contributed by atoms with Gasteiger partial charge in [-0.05, 0) is 62.0 Å². The summed E-state index contributed by atoms with van der Waals surface area (Å²) in [4.78, 5) is 16.1. The molecule has 0 amide bonds. The number of aromatic carboxylic acids is 1. The average Bonchev–Trinajstić information content (AvgIpc) is 2.88. The van der Waals surface area contributed by atoms with E-state index >= 15 is 0 Å². The average molecular weight is 288 g/mol. The number of carboxylic acid groups (broad SMARTS) is 1. The van der Waals surface area contributed by atoms with Crippen molar-refractivity contribution >= 4 is 11.8 Å². The number of carbonyl (C=O) groups is 1. The van der Waals surface area contributed by atoms with E-state index < -0.39 is 5.97 Å². The van der Waals surface area contributed by atoms with Gasteiger partial charge < -0.3 is 10.4 Å². The predicted molar refractivity (Wildman–Crippen MR) is 82.8 cm³/mol. The van der Waals surface area contributed by atoms with E-state index in [2.05, 4.69) is 24.1 Å². The Kier molecular flexibility index (Phi) is 3.87. The summed E-state index contributed by atoms with van der Waals surface area (Å²) in [6.45, 7) is 4.55. The third-order valence-electron chi connectivity index (χ3n) is 5.03. The molecule has 4 heteroatoms. The topological polar surface area (TPSA) is 62.2 Å². The van der Waals surface area contributed by atoms with Crippen molar-refractivity contribution in [1.82, 2.24) is 4.98 Å². The number of anilines is 1. The van der Waals surface area contributed by atoms with Crippen LogP contribution in [0.25, 0.3) is 0 Å². The SMILES string of the molecule is CC1CCC(Nc2nc3c(cc2C(=O)O)CCC3)C(C)C1. The Balaban J connectivity index is 1.86. The van der Waals surface area contributed by atoms with E-state index in [4.69, 9.17) is 0 Å². The van der Waals surface area contributed by atoms with E-state index in [0.717, 1.165) is 42.9 Å². The van der Waals surface area contributed by atoms with E-state index in [0.29, 0.717) is 23.3 Å². The fourth-order valence-electron chi connectivity index (χ4n) is 3.80. The number of nitrogens with zero attached hydrogens (tertiary/aromatic N) is 1. The van der Waals surface area contributed by atoms with Gasteiger partial charge in [-0.15, -0.1) is 0 Å². The van der Waals surface area contributed by atoms with Crippen molar-refractivity contribution in [3.8, 4) is 0 Å². The lowest BCUT2D eigenvalue weighted by Crippen LogP contribution is -2.34. The lowest BCUT2D eigenvalue weighted by Gasteiger charge is -2.33. The van der Waals surface area contributed by atoms with Crippen LogP contribution in [0.2, 0.25) is 0 Å². The highest BCUT2D eigenvalue weighted by Crippen LogP contribution is 2.32. The fourth-order valence-corrected chi connectivity index (χ4v) is 3.80. The molecule has 3 rings (SSSR count). The van der Waals surface area contributed by atoms with E-state index in [-0.39, 0.29) is 0 Å². The normalized spacial score (nSPS) is 28.2. The summed E-state index contributed by atoms with van der Waals surface area (Å²) in [5.41, 5.74) is 2.53. The van der Waals surface area contributed by atoms with Gasteiger partial charge in [-0.1, -0.05) is 13.8 Å². The third-order valence-corrected chi connectivity index (χ3v) is 5.03. The lowest BCUT2D eigenvalue weighted by atomic mass is 9.80. The molecular weight excluding hydrogens is 264 g/mol. The molecule has 1 aromatic heterocycles. The Morgan fingerprint density at radius 3 is 2.86 bits per heavy atom. The van der Waals surface area contributed by atoms with Gasteiger partial charge in [0, 0.05) is 11.7 Å². The predicted octanol–water partition coefficient (Wildman–Crippen LogP) is 3.51. The number of aromatic nitrogens is 1. The molecule has 3 unspecified atom stereocenters. The van der Waals surface area contributed by atoms with Crippen LogP contribution in [0.4, 0.5) is 5.82 Å². The Hall–Kier alpha value is -1.58. The monoisotopic (exact) mass is 288 g/mol. The van der Waals surface area contributed by atoms with Crippen LogP contribution in [0.5, 0.6) is 0 Å². The zero-order chi connectivity index (χ0) is 15.0. The van der Waals surface area contributed by atoms with E-state index in [9.17, 15) is 9.90 Å². The van der Waals surface area contributed by atoms with Gasteiger partial charge in [0.05, 0.1) is 0 Å². The highest BCUT2D eigenvalue weighted by molar-refractivity contribution is 5.93. The van der Waals surface area contributed by atoms with Crippen LogP contribution in [0.1, 0.15) is 61.1 Å². The Morgan fingerprint density at radius 2 is 2.14 bits per heavy atom. The largest absolute Gasteiger partial charge is 0.478 e. The molecule has 1 fully saturated rings. The molecular formula is C17H24N2O2. The first-order valence-electron chi connectivity index (χ1n) is 8.07. The standard InChI is InChI=1S/C17H24N2O2/c1-10-6-7-14(11(2)8-10)18-16-13(17(20)21)9-12-4-3-5-15(12)19-16/h9-11,14H,3-8H2,1-2H3,(H,18,19)(H,20,21). The molecule has 0 aromatic carbocycles. The summed E-state index contributed by atoms with van der Waals surface area (Å²) >= 11 is 0. The number of pyridine rings is 1. The highest BCUT2D eigenvalue weighted by Gasteiger charge is 2.28. The molecule has 0 spiro atoms. The third kappa shape index (κ3) is 2.89. The van der Waals surface area contributed by atoms with Crippen LogP contribution >= 0.6 is 0 Å². The number of fused-ring (bicyclic) bond motifs is 1. The van der Waals surface area contributed by atoms with Crippen LogP contribution in [-0.2, 0) is 12.8 Å². The van der Waals surface area contributed by atoms with Crippen molar-refractivity contribution in [2.24, 2.45) is 11.8 Å². The number of hydrogen-bond acceptors (Lipinski definition) is 3. The van der Waals surface area contributed by atoms with Crippen LogP contribution in [0.15, 0.2) is 6.07 Å². The second-order valence-electron chi connectivity index (χ2n) is 6.80. The molecule has 1 aromatic rings. The molecule has 114 valence electrons. The van der Waals surface area contributed by atoms with Crippen molar-refractivity contribution in [2.45, 2.75) is 58.4 Å². The van der Waals surface area contributed by atoms with E-state index in [1.807, 2.05) is 6.07 Å². The van der Waals surface area contributed by atoms with Crippen LogP contribution < -0.4 is 5.32 Å².